The lowest BCUT2D eigenvalue weighted by molar-refractivity contribution is -0.132. The van der Waals surface area contributed by atoms with Gasteiger partial charge in [0.1, 0.15) is 0 Å². The Hall–Kier alpha value is -2.74. The van der Waals surface area contributed by atoms with Crippen molar-refractivity contribution in [2.45, 2.75) is 52.4 Å². The molecule has 0 aliphatic carbocycles. The summed E-state index contributed by atoms with van der Waals surface area (Å²) in [5.74, 6) is 0.477. The number of nitrogens with zero attached hydrogens (tertiary/aromatic N) is 4. The van der Waals surface area contributed by atoms with Crippen LogP contribution < -0.4 is 5.32 Å². The van der Waals surface area contributed by atoms with Crippen LogP contribution in [0.2, 0.25) is 0 Å². The quantitative estimate of drug-likeness (QED) is 0.617. The molecule has 30 heavy (non-hydrogen) atoms. The Morgan fingerprint density at radius 2 is 2.20 bits per heavy atom. The maximum absolute atomic E-state index is 12.9. The topological polar surface area (TPSA) is 86.8 Å². The van der Waals surface area contributed by atoms with Crippen LogP contribution in [0.4, 0.5) is 10.8 Å². The van der Waals surface area contributed by atoms with E-state index in [1.807, 2.05) is 37.1 Å². The fourth-order valence-corrected chi connectivity index (χ4v) is 4.71. The third-order valence-electron chi connectivity index (χ3n) is 5.72. The number of carbonyl (C=O) groups excluding carboxylic acids is 1. The van der Waals surface area contributed by atoms with Gasteiger partial charge in [-0.2, -0.15) is 5.10 Å². The van der Waals surface area contributed by atoms with Gasteiger partial charge in [0, 0.05) is 59.8 Å². The lowest BCUT2D eigenvalue weighted by Crippen LogP contribution is -2.39. The highest BCUT2D eigenvalue weighted by Gasteiger charge is 2.26. The van der Waals surface area contributed by atoms with E-state index in [1.54, 1.807) is 17.5 Å². The Labute approximate surface area is 181 Å². The minimum atomic E-state index is 0.216. The van der Waals surface area contributed by atoms with Crippen molar-refractivity contribution in [2.24, 2.45) is 0 Å². The van der Waals surface area contributed by atoms with Gasteiger partial charge in [0.25, 0.3) is 0 Å². The highest BCUT2D eigenvalue weighted by atomic mass is 32.1. The monoisotopic (exact) mass is 424 g/mol. The van der Waals surface area contributed by atoms with E-state index in [4.69, 9.17) is 4.98 Å². The number of likely N-dealkylation sites (tertiary alicyclic amines) is 1. The average molecular weight is 425 g/mol. The Morgan fingerprint density at radius 3 is 2.93 bits per heavy atom. The minimum Gasteiger partial charge on any atom is -0.342 e. The van der Waals surface area contributed by atoms with Crippen molar-refractivity contribution in [1.82, 2.24) is 25.1 Å². The van der Waals surface area contributed by atoms with Gasteiger partial charge in [0.05, 0.1) is 5.69 Å². The number of aromatic amines is 1. The predicted octanol–water partition coefficient (Wildman–Crippen LogP) is 4.27. The predicted molar refractivity (Wildman–Crippen MR) is 119 cm³/mol. The van der Waals surface area contributed by atoms with E-state index < -0.39 is 0 Å². The summed E-state index contributed by atoms with van der Waals surface area (Å²) in [7, 11) is 0. The Morgan fingerprint density at radius 1 is 1.33 bits per heavy atom. The van der Waals surface area contributed by atoms with Crippen LogP contribution in [0.15, 0.2) is 23.7 Å². The fourth-order valence-electron chi connectivity index (χ4n) is 4.16. The van der Waals surface area contributed by atoms with Crippen LogP contribution in [0.5, 0.6) is 0 Å². The third-order valence-corrected chi connectivity index (χ3v) is 6.41. The molecule has 0 aromatic carbocycles. The zero-order valence-electron chi connectivity index (χ0n) is 17.7. The Balaban J connectivity index is 1.42. The molecule has 0 saturated carbocycles. The highest BCUT2D eigenvalue weighted by Crippen LogP contribution is 2.29. The average Bonchev–Trinajstić information content (AvgIpc) is 3.35. The van der Waals surface area contributed by atoms with E-state index in [2.05, 4.69) is 26.6 Å². The molecule has 8 heteroatoms. The number of thiazole rings is 1. The maximum Gasteiger partial charge on any atom is 0.222 e. The van der Waals surface area contributed by atoms with Gasteiger partial charge in [-0.1, -0.05) is 0 Å². The summed E-state index contributed by atoms with van der Waals surface area (Å²) in [6, 6.07) is 4.14. The van der Waals surface area contributed by atoms with E-state index in [0.29, 0.717) is 6.42 Å². The molecule has 158 valence electrons. The normalized spacial score (nSPS) is 16.6. The van der Waals surface area contributed by atoms with Gasteiger partial charge in [0.15, 0.2) is 5.13 Å². The van der Waals surface area contributed by atoms with Crippen molar-refractivity contribution in [1.29, 1.82) is 0 Å². The van der Waals surface area contributed by atoms with Gasteiger partial charge in [-0.3, -0.25) is 14.9 Å². The maximum atomic E-state index is 12.9. The first-order valence-electron chi connectivity index (χ1n) is 10.4. The molecule has 1 aliphatic rings. The van der Waals surface area contributed by atoms with Crippen LogP contribution in [0.25, 0.3) is 0 Å². The third kappa shape index (κ3) is 4.70. The van der Waals surface area contributed by atoms with Crippen molar-refractivity contribution in [3.05, 3.63) is 52.0 Å². The molecular weight excluding hydrogens is 396 g/mol. The molecule has 1 fully saturated rings. The van der Waals surface area contributed by atoms with Crippen LogP contribution in [-0.2, 0) is 11.2 Å². The van der Waals surface area contributed by atoms with Gasteiger partial charge in [-0.25, -0.2) is 4.98 Å². The second kappa shape index (κ2) is 8.95. The first kappa shape index (κ1) is 20.5. The van der Waals surface area contributed by atoms with Gasteiger partial charge in [0.2, 0.25) is 5.91 Å². The molecule has 2 N–H and O–H groups in total. The number of anilines is 2. The number of amides is 1. The molecule has 1 amide bonds. The number of rotatable bonds is 6. The van der Waals surface area contributed by atoms with Gasteiger partial charge >= 0.3 is 0 Å². The van der Waals surface area contributed by atoms with Crippen molar-refractivity contribution < 1.29 is 4.79 Å². The summed E-state index contributed by atoms with van der Waals surface area (Å²) in [5.41, 5.74) is 6.23. The summed E-state index contributed by atoms with van der Waals surface area (Å²) in [5, 5.41) is 13.4. The lowest BCUT2D eigenvalue weighted by atomic mass is 9.93. The molecule has 1 unspecified atom stereocenters. The van der Waals surface area contributed by atoms with Gasteiger partial charge in [-0.05, 0) is 57.7 Å². The summed E-state index contributed by atoms with van der Waals surface area (Å²) in [4.78, 5) is 24.0. The number of hydrogen-bond acceptors (Lipinski definition) is 6. The first-order valence-corrected chi connectivity index (χ1v) is 11.3. The zero-order chi connectivity index (χ0) is 21.1. The van der Waals surface area contributed by atoms with Crippen LogP contribution in [0.1, 0.15) is 53.5 Å². The number of carbonyl (C=O) groups is 1. The SMILES string of the molecule is Cc1cc(Nc2nccs2)cc(C2CCCN(C(=O)CCc3c(C)n[nH]c3C)C2)n1. The van der Waals surface area contributed by atoms with Crippen LogP contribution in [-0.4, -0.2) is 44.1 Å². The number of pyridine rings is 1. The van der Waals surface area contributed by atoms with E-state index in [9.17, 15) is 4.79 Å². The molecule has 4 rings (SSSR count). The van der Waals surface area contributed by atoms with E-state index in [1.165, 1.54) is 0 Å². The molecule has 3 aromatic heterocycles. The summed E-state index contributed by atoms with van der Waals surface area (Å²) in [6.45, 7) is 7.57. The molecular formula is C22H28N6OS. The number of aromatic nitrogens is 4. The summed E-state index contributed by atoms with van der Waals surface area (Å²) in [6.07, 6.45) is 5.10. The van der Waals surface area contributed by atoms with Crippen molar-refractivity contribution in [3.63, 3.8) is 0 Å². The molecule has 1 aliphatic heterocycles. The first-order chi connectivity index (χ1) is 14.5. The molecule has 4 heterocycles. The molecule has 0 spiro atoms. The van der Waals surface area contributed by atoms with Crippen molar-refractivity contribution in [2.75, 3.05) is 18.4 Å². The smallest absolute Gasteiger partial charge is 0.222 e. The fraction of sp³-hybridized carbons (Fsp3) is 0.455. The Bertz CT molecular complexity index is 993. The second-order valence-corrected chi connectivity index (χ2v) is 8.87. The largest absolute Gasteiger partial charge is 0.342 e. The van der Waals surface area contributed by atoms with Gasteiger partial charge < -0.3 is 10.2 Å². The lowest BCUT2D eigenvalue weighted by Gasteiger charge is -2.33. The number of piperidine rings is 1. The summed E-state index contributed by atoms with van der Waals surface area (Å²) < 4.78 is 0. The van der Waals surface area contributed by atoms with Crippen molar-refractivity contribution >= 4 is 28.1 Å². The van der Waals surface area contributed by atoms with Gasteiger partial charge in [-0.15, -0.1) is 11.3 Å². The second-order valence-electron chi connectivity index (χ2n) is 7.98. The molecule has 0 bridgehead atoms. The van der Waals surface area contributed by atoms with E-state index in [-0.39, 0.29) is 11.8 Å². The molecule has 0 radical (unpaired) electrons. The van der Waals surface area contributed by atoms with Crippen molar-refractivity contribution in [3.8, 4) is 0 Å². The molecule has 1 atom stereocenters. The standard InChI is InChI=1S/C22H28N6OS/c1-14-11-18(25-22-23-8-10-30-22)12-20(24-14)17-5-4-9-28(13-17)21(29)7-6-19-15(2)26-27-16(19)3/h8,10-12,17H,4-7,9,13H2,1-3H3,(H,26,27)(H,23,24,25). The minimum absolute atomic E-state index is 0.216. The van der Waals surface area contributed by atoms with Crippen LogP contribution >= 0.6 is 11.3 Å². The Kier molecular flexibility index (Phi) is 6.13. The summed E-state index contributed by atoms with van der Waals surface area (Å²) >= 11 is 1.57. The van der Waals surface area contributed by atoms with E-state index in [0.717, 1.165) is 71.5 Å². The number of H-pyrrole nitrogens is 1. The van der Waals surface area contributed by atoms with Crippen LogP contribution in [0, 0.1) is 20.8 Å². The molecule has 1 saturated heterocycles. The molecule has 7 nitrogen and oxygen atoms in total. The van der Waals surface area contributed by atoms with Crippen LogP contribution in [0.3, 0.4) is 0 Å². The van der Waals surface area contributed by atoms with E-state index >= 15 is 0 Å². The number of aryl methyl sites for hydroxylation is 3. The number of nitrogens with one attached hydrogen (secondary N) is 2. The highest BCUT2D eigenvalue weighted by molar-refractivity contribution is 7.13. The zero-order valence-corrected chi connectivity index (χ0v) is 18.6. The number of hydrogen-bond donors (Lipinski definition) is 2. The molecule has 3 aromatic rings.